The van der Waals surface area contributed by atoms with E-state index in [1.165, 1.54) is 21.6 Å². The second kappa shape index (κ2) is 17.1. The summed E-state index contributed by atoms with van der Waals surface area (Å²) in [5.41, 5.74) is 4.82. The number of nitrogens with one attached hydrogen (secondary N) is 1. The third-order valence-electron chi connectivity index (χ3n) is 5.53. The van der Waals surface area contributed by atoms with Gasteiger partial charge in [0.25, 0.3) is 0 Å². The smallest absolute Gasteiger partial charge is 0.224 e. The number of hydrogen-bond donors (Lipinski definition) is 2. The molecular weight excluding hydrogens is 442 g/mol. The fourth-order valence-corrected chi connectivity index (χ4v) is 4.54. The quantitative estimate of drug-likeness (QED) is 0.458. The van der Waals surface area contributed by atoms with Crippen LogP contribution >= 0.6 is 11.8 Å². The fourth-order valence-electron chi connectivity index (χ4n) is 3.46. The molecule has 0 radical (unpaired) electrons. The molecule has 34 heavy (non-hydrogen) atoms. The van der Waals surface area contributed by atoms with Gasteiger partial charge in [-0.3, -0.25) is 4.79 Å². The summed E-state index contributed by atoms with van der Waals surface area (Å²) in [7, 11) is 1.00. The van der Waals surface area contributed by atoms with Gasteiger partial charge in [-0.25, -0.2) is 0 Å². The average molecular weight is 486 g/mol. The maximum absolute atomic E-state index is 12.6. The van der Waals surface area contributed by atoms with E-state index in [4.69, 9.17) is 9.90 Å². The lowest BCUT2D eigenvalue weighted by molar-refractivity contribution is -0.120. The molecule has 3 rings (SSSR count). The van der Waals surface area contributed by atoms with Crippen LogP contribution in [0.5, 0.6) is 0 Å². The van der Waals surface area contributed by atoms with Gasteiger partial charge in [0.15, 0.2) is 0 Å². The van der Waals surface area contributed by atoms with E-state index in [1.807, 2.05) is 38.5 Å². The van der Waals surface area contributed by atoms with Crippen molar-refractivity contribution in [2.24, 2.45) is 11.3 Å². The molecule has 4 nitrogen and oxygen atoms in total. The van der Waals surface area contributed by atoms with E-state index >= 15 is 0 Å². The zero-order valence-electron chi connectivity index (χ0n) is 22.0. The van der Waals surface area contributed by atoms with Crippen LogP contribution in [0.1, 0.15) is 66.4 Å². The molecule has 0 saturated carbocycles. The number of benzene rings is 1. The Balaban J connectivity index is 0.00000168. The normalized spacial score (nSPS) is 18.7. The summed E-state index contributed by atoms with van der Waals surface area (Å²) in [6, 6.07) is 10.5. The minimum Gasteiger partial charge on any atom is -0.400 e. The summed E-state index contributed by atoms with van der Waals surface area (Å²) < 4.78 is 0. The number of carbonyl (C=O) groups excluding carboxylic acids is 2. The summed E-state index contributed by atoms with van der Waals surface area (Å²) in [6.45, 7) is 14.8. The zero-order chi connectivity index (χ0) is 26.1. The van der Waals surface area contributed by atoms with Crippen LogP contribution in [0.25, 0.3) is 5.57 Å². The molecule has 2 N–H and O–H groups in total. The van der Waals surface area contributed by atoms with Crippen molar-refractivity contribution >= 4 is 30.0 Å². The van der Waals surface area contributed by atoms with Crippen molar-refractivity contribution in [1.82, 2.24) is 5.32 Å². The minimum atomic E-state index is 0.0421. The predicted octanol–water partition coefficient (Wildman–Crippen LogP) is 6.94. The number of amides is 1. The number of aliphatic hydroxyl groups is 1. The molecule has 1 atom stereocenters. The van der Waals surface area contributed by atoms with Crippen LogP contribution in [-0.2, 0) is 9.59 Å². The van der Waals surface area contributed by atoms with Crippen molar-refractivity contribution in [3.63, 3.8) is 0 Å². The van der Waals surface area contributed by atoms with Gasteiger partial charge in [-0.1, -0.05) is 83.2 Å². The minimum absolute atomic E-state index is 0.0421. The number of carbonyl (C=O) groups is 2. The molecule has 5 heteroatoms. The molecule has 1 unspecified atom stereocenters. The molecule has 0 spiro atoms. The number of thioether (sulfide) groups is 1. The highest BCUT2D eigenvalue weighted by molar-refractivity contribution is 8.03. The molecule has 0 fully saturated rings. The van der Waals surface area contributed by atoms with Crippen molar-refractivity contribution < 1.29 is 14.7 Å². The predicted molar refractivity (Wildman–Crippen MR) is 148 cm³/mol. The van der Waals surface area contributed by atoms with Gasteiger partial charge in [0.2, 0.25) is 5.91 Å². The SMILES string of the molecule is C=O.CC.CC1=C(NC(=O)CCC2(C)C=CC(c3ccccc3)=CC2)C=C(C(C)C)SC1.CO. The van der Waals surface area contributed by atoms with Gasteiger partial charge < -0.3 is 15.2 Å². The Kier molecular flexibility index (Phi) is 15.9. The van der Waals surface area contributed by atoms with Gasteiger partial charge in [-0.15, -0.1) is 11.8 Å². The maximum atomic E-state index is 12.6. The van der Waals surface area contributed by atoms with E-state index in [0.717, 1.165) is 31.4 Å². The second-order valence-corrected chi connectivity index (χ2v) is 9.50. The molecule has 0 saturated heterocycles. The Bertz CT molecular complexity index is 869. The highest BCUT2D eigenvalue weighted by atomic mass is 32.2. The first-order chi connectivity index (χ1) is 16.4. The Morgan fingerprint density at radius 1 is 1.18 bits per heavy atom. The van der Waals surface area contributed by atoms with Gasteiger partial charge in [-0.05, 0) is 58.8 Å². The Morgan fingerprint density at radius 2 is 1.79 bits per heavy atom. The lowest BCUT2D eigenvalue weighted by atomic mass is 9.77. The molecule has 0 aromatic heterocycles. The Morgan fingerprint density at radius 3 is 2.32 bits per heavy atom. The summed E-state index contributed by atoms with van der Waals surface area (Å²) >= 11 is 1.88. The van der Waals surface area contributed by atoms with Gasteiger partial charge in [0.1, 0.15) is 6.79 Å². The lowest BCUT2D eigenvalue weighted by Gasteiger charge is -2.28. The lowest BCUT2D eigenvalue weighted by Crippen LogP contribution is -2.26. The maximum Gasteiger partial charge on any atom is 0.224 e. The second-order valence-electron chi connectivity index (χ2n) is 8.45. The molecule has 1 aromatic rings. The van der Waals surface area contributed by atoms with Crippen LogP contribution in [0.15, 0.2) is 70.8 Å². The summed E-state index contributed by atoms with van der Waals surface area (Å²) in [5.74, 6) is 1.59. The van der Waals surface area contributed by atoms with E-state index in [2.05, 4.69) is 81.6 Å². The van der Waals surface area contributed by atoms with Crippen molar-refractivity contribution in [2.45, 2.75) is 60.8 Å². The van der Waals surface area contributed by atoms with Gasteiger partial charge in [0.05, 0.1) is 0 Å². The average Bonchev–Trinajstić information content (AvgIpc) is 2.89. The third-order valence-corrected chi connectivity index (χ3v) is 7.03. The molecule has 1 aliphatic carbocycles. The molecule has 1 heterocycles. The number of allylic oxidation sites excluding steroid dienone is 6. The fraction of sp³-hybridized carbons (Fsp3) is 0.448. The zero-order valence-corrected chi connectivity index (χ0v) is 22.8. The number of rotatable bonds is 6. The van der Waals surface area contributed by atoms with Crippen LogP contribution in [0, 0.1) is 11.3 Å². The molecular formula is C29H43NO3S. The molecule has 188 valence electrons. The summed E-state index contributed by atoms with van der Waals surface area (Å²) in [4.78, 5) is 21.9. The van der Waals surface area contributed by atoms with Crippen LogP contribution in [-0.4, -0.2) is 30.7 Å². The van der Waals surface area contributed by atoms with Gasteiger partial charge >= 0.3 is 0 Å². The summed E-state index contributed by atoms with van der Waals surface area (Å²) in [5, 5.41) is 10.2. The highest BCUT2D eigenvalue weighted by Gasteiger charge is 2.24. The van der Waals surface area contributed by atoms with Crippen molar-refractivity contribution in [1.29, 1.82) is 0 Å². The highest BCUT2D eigenvalue weighted by Crippen LogP contribution is 2.37. The van der Waals surface area contributed by atoms with Crippen LogP contribution in [0.4, 0.5) is 0 Å². The molecule has 0 bridgehead atoms. The Hall–Kier alpha value is -2.37. The van der Waals surface area contributed by atoms with Gasteiger partial charge in [-0.2, -0.15) is 0 Å². The topological polar surface area (TPSA) is 66.4 Å². The van der Waals surface area contributed by atoms with Crippen molar-refractivity contribution in [3.8, 4) is 0 Å². The first-order valence-corrected chi connectivity index (χ1v) is 12.9. The monoisotopic (exact) mass is 485 g/mol. The Labute approximate surface area is 211 Å². The third kappa shape index (κ3) is 10.3. The number of hydrogen-bond acceptors (Lipinski definition) is 4. The van der Waals surface area contributed by atoms with E-state index in [-0.39, 0.29) is 11.3 Å². The largest absolute Gasteiger partial charge is 0.400 e. The van der Waals surface area contributed by atoms with Crippen LogP contribution in [0.3, 0.4) is 0 Å². The molecule has 1 aromatic carbocycles. The first kappa shape index (κ1) is 31.6. The molecule has 2 aliphatic rings. The number of aliphatic hydroxyl groups excluding tert-OH is 1. The summed E-state index contributed by atoms with van der Waals surface area (Å²) in [6.07, 6.45) is 11.3. The van der Waals surface area contributed by atoms with E-state index in [9.17, 15) is 4.79 Å². The van der Waals surface area contributed by atoms with E-state index in [1.54, 1.807) is 0 Å². The molecule has 1 amide bonds. The first-order valence-electron chi connectivity index (χ1n) is 11.9. The van der Waals surface area contributed by atoms with Crippen LogP contribution < -0.4 is 5.32 Å². The standard InChI is InChI=1S/C25H31NOS.C2H6.CH4O.CH2O/c1-18(2)23-16-22(19(3)17-28-23)26-24(27)12-15-25(4)13-10-21(11-14-25)20-8-6-5-7-9-20;3*1-2/h5-11,13,16,18H,12,14-15,17H2,1-4H3,(H,26,27);1-2H3;2H,1H3;1H2. The van der Waals surface area contributed by atoms with E-state index < -0.39 is 0 Å². The van der Waals surface area contributed by atoms with Crippen molar-refractivity contribution in [2.75, 3.05) is 12.9 Å². The van der Waals surface area contributed by atoms with Crippen molar-refractivity contribution in [3.05, 3.63) is 76.4 Å². The molecule has 1 aliphatic heterocycles. The van der Waals surface area contributed by atoms with Crippen LogP contribution in [0.2, 0.25) is 0 Å². The van der Waals surface area contributed by atoms with Gasteiger partial charge in [0, 0.05) is 25.0 Å². The van der Waals surface area contributed by atoms with E-state index in [0.29, 0.717) is 12.3 Å².